The van der Waals surface area contributed by atoms with Crippen LogP contribution in [0.1, 0.15) is 30.9 Å². The Bertz CT molecular complexity index is 581. The second kappa shape index (κ2) is 4.84. The van der Waals surface area contributed by atoms with E-state index in [0.717, 1.165) is 29.7 Å². The third-order valence-corrected chi connectivity index (χ3v) is 3.67. The van der Waals surface area contributed by atoms with Gasteiger partial charge in [0.2, 0.25) is 0 Å². The van der Waals surface area contributed by atoms with Gasteiger partial charge in [-0.05, 0) is 55.2 Å². The Labute approximate surface area is 118 Å². The molecule has 0 aromatic heterocycles. The van der Waals surface area contributed by atoms with Crippen LogP contribution in [0, 0.1) is 0 Å². The lowest BCUT2D eigenvalue weighted by molar-refractivity contribution is 0.102. The van der Waals surface area contributed by atoms with Gasteiger partial charge in [-0.3, -0.25) is 0 Å². The molecule has 3 nitrogen and oxygen atoms in total. The third kappa shape index (κ3) is 2.63. The minimum atomic E-state index is -1.09. The maximum Gasteiger partial charge on any atom is 0.119 e. The number of aromatic hydroxyl groups is 1. The zero-order valence-corrected chi connectivity index (χ0v) is 11.4. The molecule has 2 aromatic rings. The first kappa shape index (κ1) is 13.0. The topological polar surface area (TPSA) is 49.7 Å². The normalized spacial score (nSPS) is 17.5. The quantitative estimate of drug-likeness (QED) is 0.897. The minimum Gasteiger partial charge on any atom is -0.508 e. The molecule has 1 saturated carbocycles. The highest BCUT2D eigenvalue weighted by atomic mass is 16.5. The lowest BCUT2D eigenvalue weighted by Crippen LogP contribution is -2.22. The standard InChI is InChI=1S/C17H18O3/c1-17(19,12-2-6-14(18)7-3-12)13-4-8-15(9-5-13)20-16-10-11-16/h2-9,16,18-19H,10-11H2,1H3. The van der Waals surface area contributed by atoms with Crippen molar-refractivity contribution >= 4 is 0 Å². The van der Waals surface area contributed by atoms with Crippen LogP contribution in [0.5, 0.6) is 11.5 Å². The highest BCUT2D eigenvalue weighted by Crippen LogP contribution is 2.32. The van der Waals surface area contributed by atoms with Gasteiger partial charge in [-0.25, -0.2) is 0 Å². The number of hydrogen-bond donors (Lipinski definition) is 2. The van der Waals surface area contributed by atoms with Crippen LogP contribution in [0.2, 0.25) is 0 Å². The van der Waals surface area contributed by atoms with Gasteiger partial charge in [-0.2, -0.15) is 0 Å². The van der Waals surface area contributed by atoms with Gasteiger partial charge in [0.15, 0.2) is 0 Å². The number of phenols is 1. The summed E-state index contributed by atoms with van der Waals surface area (Å²) in [5.41, 5.74) is 0.448. The zero-order chi connectivity index (χ0) is 14.2. The van der Waals surface area contributed by atoms with Crippen molar-refractivity contribution in [2.24, 2.45) is 0 Å². The van der Waals surface area contributed by atoms with Gasteiger partial charge in [0.1, 0.15) is 17.1 Å². The fraction of sp³-hybridized carbons (Fsp3) is 0.294. The predicted octanol–water partition coefficient (Wildman–Crippen LogP) is 3.19. The summed E-state index contributed by atoms with van der Waals surface area (Å²) in [6.07, 6.45) is 2.64. The van der Waals surface area contributed by atoms with Crippen molar-refractivity contribution in [1.82, 2.24) is 0 Å². The molecule has 3 rings (SSSR count). The number of hydrogen-bond acceptors (Lipinski definition) is 3. The highest BCUT2D eigenvalue weighted by molar-refractivity contribution is 5.39. The fourth-order valence-corrected chi connectivity index (χ4v) is 2.19. The van der Waals surface area contributed by atoms with Crippen LogP contribution >= 0.6 is 0 Å². The van der Waals surface area contributed by atoms with Crippen molar-refractivity contribution in [3.05, 3.63) is 59.7 Å². The van der Waals surface area contributed by atoms with Crippen LogP contribution < -0.4 is 4.74 Å². The van der Waals surface area contributed by atoms with Gasteiger partial charge in [0, 0.05) is 0 Å². The molecule has 1 aliphatic rings. The number of benzene rings is 2. The number of rotatable bonds is 4. The van der Waals surface area contributed by atoms with Gasteiger partial charge < -0.3 is 14.9 Å². The third-order valence-electron chi connectivity index (χ3n) is 3.67. The van der Waals surface area contributed by atoms with Crippen LogP contribution in [0.3, 0.4) is 0 Å². The van der Waals surface area contributed by atoms with Crippen molar-refractivity contribution < 1.29 is 14.9 Å². The van der Waals surface area contributed by atoms with E-state index in [2.05, 4.69) is 0 Å². The van der Waals surface area contributed by atoms with Gasteiger partial charge in [0.05, 0.1) is 6.10 Å². The lowest BCUT2D eigenvalue weighted by atomic mass is 9.88. The maximum atomic E-state index is 10.7. The van der Waals surface area contributed by atoms with Crippen LogP contribution in [-0.2, 0) is 5.60 Å². The molecule has 2 N–H and O–H groups in total. The smallest absolute Gasteiger partial charge is 0.119 e. The molecule has 1 fully saturated rings. The molecule has 20 heavy (non-hydrogen) atoms. The molecule has 104 valence electrons. The number of aliphatic hydroxyl groups is 1. The van der Waals surface area contributed by atoms with E-state index in [-0.39, 0.29) is 5.75 Å². The fourth-order valence-electron chi connectivity index (χ4n) is 2.19. The molecule has 2 aromatic carbocycles. The van der Waals surface area contributed by atoms with Crippen molar-refractivity contribution in [3.63, 3.8) is 0 Å². The molecule has 1 atom stereocenters. The van der Waals surface area contributed by atoms with E-state index in [1.54, 1.807) is 31.2 Å². The lowest BCUT2D eigenvalue weighted by Gasteiger charge is -2.24. The number of phenolic OH excluding ortho intramolecular Hbond substituents is 1. The molecule has 0 radical (unpaired) electrons. The van der Waals surface area contributed by atoms with E-state index in [1.807, 2.05) is 24.3 Å². The summed E-state index contributed by atoms with van der Waals surface area (Å²) >= 11 is 0. The monoisotopic (exact) mass is 270 g/mol. The Morgan fingerprint density at radius 3 is 1.95 bits per heavy atom. The predicted molar refractivity (Wildman–Crippen MR) is 76.9 cm³/mol. The SMILES string of the molecule is CC(O)(c1ccc(O)cc1)c1ccc(OC2CC2)cc1. The zero-order valence-electron chi connectivity index (χ0n) is 11.4. The Morgan fingerprint density at radius 1 is 0.950 bits per heavy atom. The second-order valence-corrected chi connectivity index (χ2v) is 5.46. The average molecular weight is 270 g/mol. The molecule has 0 saturated heterocycles. The van der Waals surface area contributed by atoms with Crippen LogP contribution in [0.4, 0.5) is 0 Å². The molecule has 0 amide bonds. The molecule has 3 heteroatoms. The number of ether oxygens (including phenoxy) is 1. The first-order valence-electron chi connectivity index (χ1n) is 6.85. The summed E-state index contributed by atoms with van der Waals surface area (Å²) in [7, 11) is 0. The van der Waals surface area contributed by atoms with Crippen molar-refractivity contribution in [2.45, 2.75) is 31.5 Å². The van der Waals surface area contributed by atoms with Gasteiger partial charge in [-0.15, -0.1) is 0 Å². The highest BCUT2D eigenvalue weighted by Gasteiger charge is 2.26. The first-order chi connectivity index (χ1) is 9.55. The van der Waals surface area contributed by atoms with Crippen molar-refractivity contribution in [2.75, 3.05) is 0 Å². The Morgan fingerprint density at radius 2 is 1.45 bits per heavy atom. The Kier molecular flexibility index (Phi) is 3.14. The summed E-state index contributed by atoms with van der Waals surface area (Å²) in [6, 6.07) is 14.1. The summed E-state index contributed by atoms with van der Waals surface area (Å²) < 4.78 is 5.70. The molecule has 1 unspecified atom stereocenters. The molecule has 0 spiro atoms. The largest absolute Gasteiger partial charge is 0.508 e. The van der Waals surface area contributed by atoms with E-state index in [0.29, 0.717) is 6.10 Å². The van der Waals surface area contributed by atoms with Crippen molar-refractivity contribution in [3.8, 4) is 11.5 Å². The maximum absolute atomic E-state index is 10.7. The Balaban J connectivity index is 1.83. The van der Waals surface area contributed by atoms with E-state index in [9.17, 15) is 10.2 Å². The summed E-state index contributed by atoms with van der Waals surface area (Å²) in [5.74, 6) is 1.04. The summed E-state index contributed by atoms with van der Waals surface area (Å²) in [4.78, 5) is 0. The van der Waals surface area contributed by atoms with Gasteiger partial charge >= 0.3 is 0 Å². The molecule has 0 aliphatic heterocycles. The van der Waals surface area contributed by atoms with E-state index in [4.69, 9.17) is 4.74 Å². The molecule has 0 heterocycles. The molecule has 0 bridgehead atoms. The van der Waals surface area contributed by atoms with E-state index >= 15 is 0 Å². The van der Waals surface area contributed by atoms with Crippen LogP contribution in [0.15, 0.2) is 48.5 Å². The summed E-state index contributed by atoms with van der Waals surface area (Å²) in [5, 5.41) is 20.0. The average Bonchev–Trinajstić information content (AvgIpc) is 3.24. The molecule has 1 aliphatic carbocycles. The van der Waals surface area contributed by atoms with Gasteiger partial charge in [0.25, 0.3) is 0 Å². The second-order valence-electron chi connectivity index (χ2n) is 5.46. The molecular formula is C17H18O3. The molecular weight excluding hydrogens is 252 g/mol. The van der Waals surface area contributed by atoms with Crippen LogP contribution in [0.25, 0.3) is 0 Å². The van der Waals surface area contributed by atoms with Gasteiger partial charge in [-0.1, -0.05) is 24.3 Å². The Hall–Kier alpha value is -2.00. The van der Waals surface area contributed by atoms with E-state index in [1.165, 1.54) is 0 Å². The van der Waals surface area contributed by atoms with Crippen molar-refractivity contribution in [1.29, 1.82) is 0 Å². The van der Waals surface area contributed by atoms with E-state index < -0.39 is 5.60 Å². The minimum absolute atomic E-state index is 0.192. The summed E-state index contributed by atoms with van der Waals surface area (Å²) in [6.45, 7) is 1.75. The first-order valence-corrected chi connectivity index (χ1v) is 6.85. The van der Waals surface area contributed by atoms with Crippen LogP contribution in [-0.4, -0.2) is 16.3 Å².